The molecule has 1 aliphatic rings. The van der Waals surface area contributed by atoms with E-state index in [0.29, 0.717) is 25.1 Å². The first kappa shape index (κ1) is 23.3. The van der Waals surface area contributed by atoms with Crippen LogP contribution in [0.4, 0.5) is 5.69 Å². The number of aryl methyl sites for hydroxylation is 1. The topological polar surface area (TPSA) is 128 Å². The van der Waals surface area contributed by atoms with Gasteiger partial charge in [0.1, 0.15) is 11.2 Å². The fourth-order valence-corrected chi connectivity index (χ4v) is 6.10. The molecule has 1 aliphatic heterocycles. The van der Waals surface area contributed by atoms with E-state index >= 15 is 0 Å². The predicted molar refractivity (Wildman–Crippen MR) is 123 cm³/mol. The Morgan fingerprint density at radius 2 is 1.94 bits per heavy atom. The number of benzene rings is 1. The molecule has 0 spiro atoms. The van der Waals surface area contributed by atoms with E-state index in [-0.39, 0.29) is 29.3 Å². The van der Waals surface area contributed by atoms with Crippen molar-refractivity contribution < 1.29 is 18.1 Å². The largest absolute Gasteiger partial charge is 0.490 e. The average Bonchev–Trinajstić information content (AvgIpc) is 3.25. The first-order valence-corrected chi connectivity index (χ1v) is 12.5. The lowest BCUT2D eigenvalue weighted by Gasteiger charge is -2.34. The first-order valence-electron chi connectivity index (χ1n) is 10.3. The molecular weight excluding hydrogens is 470 g/mol. The normalized spacial score (nSPS) is 15.7. The number of nitro groups is 1. The number of nitro benzene ring substituents is 1. The molecule has 2 aromatic heterocycles. The average molecular weight is 494 g/mol. The van der Waals surface area contributed by atoms with Gasteiger partial charge in [0.05, 0.1) is 29.0 Å². The van der Waals surface area contributed by atoms with Crippen molar-refractivity contribution in [1.82, 2.24) is 18.8 Å². The van der Waals surface area contributed by atoms with Gasteiger partial charge in [-0.25, -0.2) is 13.4 Å². The van der Waals surface area contributed by atoms with Crippen LogP contribution in [0.5, 0.6) is 5.75 Å². The van der Waals surface area contributed by atoms with E-state index in [1.54, 1.807) is 0 Å². The molecule has 0 aliphatic carbocycles. The fraction of sp³-hybridized carbons (Fsp3) is 0.400. The molecule has 176 valence electrons. The lowest BCUT2D eigenvalue weighted by Crippen LogP contribution is -2.49. The highest BCUT2D eigenvalue weighted by atomic mass is 32.2. The van der Waals surface area contributed by atoms with Crippen molar-refractivity contribution in [1.29, 1.82) is 0 Å². The molecule has 0 N–H and O–H groups in total. The number of aromatic nitrogens is 2. The number of hydrogen-bond donors (Lipinski definition) is 0. The third-order valence-corrected chi connectivity index (χ3v) is 8.67. The Morgan fingerprint density at radius 1 is 1.21 bits per heavy atom. The van der Waals surface area contributed by atoms with Crippen LogP contribution in [0.15, 0.2) is 40.3 Å². The number of piperazine rings is 1. The number of hydrogen-bond acceptors (Lipinski definition) is 9. The van der Waals surface area contributed by atoms with Gasteiger partial charge in [-0.15, -0.1) is 11.3 Å². The Morgan fingerprint density at radius 3 is 2.58 bits per heavy atom. The van der Waals surface area contributed by atoms with Crippen LogP contribution in [0.25, 0.3) is 10.2 Å². The minimum Gasteiger partial charge on any atom is -0.490 e. The monoisotopic (exact) mass is 493 g/mol. The van der Waals surface area contributed by atoms with Gasteiger partial charge in [-0.3, -0.25) is 24.4 Å². The molecule has 1 fully saturated rings. The molecule has 0 bridgehead atoms. The molecule has 13 heteroatoms. The van der Waals surface area contributed by atoms with E-state index in [1.165, 1.54) is 45.8 Å². The molecule has 0 radical (unpaired) electrons. The molecule has 1 saturated heterocycles. The number of fused-ring (bicyclic) bond motifs is 1. The zero-order chi connectivity index (χ0) is 23.8. The Balaban J connectivity index is 1.47. The Kier molecular flexibility index (Phi) is 6.47. The minimum absolute atomic E-state index is 0.00327. The molecule has 0 atom stereocenters. The summed E-state index contributed by atoms with van der Waals surface area (Å²) in [5, 5.41) is 11.9. The van der Waals surface area contributed by atoms with Crippen LogP contribution in [0, 0.1) is 10.1 Å². The van der Waals surface area contributed by atoms with E-state index in [9.17, 15) is 23.3 Å². The Hall–Kier alpha value is -2.87. The number of rotatable bonds is 7. The standard InChI is InChI=1S/C20H23N5O6S2/c1-3-14-10-16-19(32-14)21-12-23(20(16)26)13-22-6-8-24(9-7-22)33(29,30)15-4-5-18(31-2)17(11-15)25(27)28/h4-5,10-12H,3,6-9,13H2,1-2H3. The Bertz CT molecular complexity index is 1360. The van der Waals surface area contributed by atoms with Gasteiger partial charge in [-0.1, -0.05) is 6.92 Å². The van der Waals surface area contributed by atoms with Gasteiger partial charge in [0.15, 0.2) is 5.75 Å². The predicted octanol–water partition coefficient (Wildman–Crippen LogP) is 1.90. The van der Waals surface area contributed by atoms with Gasteiger partial charge in [-0.2, -0.15) is 4.31 Å². The van der Waals surface area contributed by atoms with Crippen molar-refractivity contribution in [2.45, 2.75) is 24.9 Å². The summed E-state index contributed by atoms with van der Waals surface area (Å²) < 4.78 is 33.9. The van der Waals surface area contributed by atoms with Gasteiger partial charge < -0.3 is 4.74 Å². The SMILES string of the molecule is CCc1cc2c(=O)n(CN3CCN(S(=O)(=O)c4ccc(OC)c([N+](=O)[O-])c4)CC3)cnc2s1. The van der Waals surface area contributed by atoms with Crippen LogP contribution in [0.1, 0.15) is 11.8 Å². The maximum atomic E-state index is 13.0. The molecular formula is C20H23N5O6S2. The number of ether oxygens (including phenoxy) is 1. The van der Waals surface area contributed by atoms with Gasteiger partial charge in [0.25, 0.3) is 5.56 Å². The second-order valence-electron chi connectivity index (χ2n) is 7.56. The molecule has 0 amide bonds. The third kappa shape index (κ3) is 4.49. The van der Waals surface area contributed by atoms with Crippen LogP contribution < -0.4 is 10.3 Å². The highest BCUT2D eigenvalue weighted by Crippen LogP contribution is 2.31. The Labute approximate surface area is 194 Å². The van der Waals surface area contributed by atoms with Crippen LogP contribution >= 0.6 is 11.3 Å². The lowest BCUT2D eigenvalue weighted by atomic mass is 10.3. The van der Waals surface area contributed by atoms with Gasteiger partial charge >= 0.3 is 5.69 Å². The van der Waals surface area contributed by atoms with Crippen molar-refractivity contribution in [3.8, 4) is 5.75 Å². The highest BCUT2D eigenvalue weighted by Gasteiger charge is 2.31. The molecule has 3 heterocycles. The van der Waals surface area contributed by atoms with Crippen LogP contribution in [-0.4, -0.2) is 65.4 Å². The third-order valence-electron chi connectivity index (χ3n) is 5.59. The fourth-order valence-electron chi connectivity index (χ4n) is 3.73. The summed E-state index contributed by atoms with van der Waals surface area (Å²) in [6, 6.07) is 5.49. The van der Waals surface area contributed by atoms with Gasteiger partial charge in [0, 0.05) is 37.1 Å². The van der Waals surface area contributed by atoms with Gasteiger partial charge in [0.2, 0.25) is 10.0 Å². The van der Waals surface area contributed by atoms with Crippen LogP contribution in [0.3, 0.4) is 0 Å². The second-order valence-corrected chi connectivity index (χ2v) is 10.6. The zero-order valence-corrected chi connectivity index (χ0v) is 19.8. The van der Waals surface area contributed by atoms with Crippen LogP contribution in [-0.2, 0) is 23.1 Å². The van der Waals surface area contributed by atoms with Crippen molar-refractivity contribution in [2.24, 2.45) is 0 Å². The molecule has 4 rings (SSSR count). The number of thiophene rings is 1. The highest BCUT2D eigenvalue weighted by molar-refractivity contribution is 7.89. The maximum absolute atomic E-state index is 13.0. The van der Waals surface area contributed by atoms with Gasteiger partial charge in [-0.05, 0) is 24.6 Å². The van der Waals surface area contributed by atoms with Crippen molar-refractivity contribution >= 4 is 37.3 Å². The summed E-state index contributed by atoms with van der Waals surface area (Å²) >= 11 is 1.51. The lowest BCUT2D eigenvalue weighted by molar-refractivity contribution is -0.386. The van der Waals surface area contributed by atoms with Crippen LogP contribution in [0.2, 0.25) is 0 Å². The quantitative estimate of drug-likeness (QED) is 0.361. The molecule has 1 aromatic carbocycles. The van der Waals surface area contributed by atoms with Crippen molar-refractivity contribution in [2.75, 3.05) is 33.3 Å². The van der Waals surface area contributed by atoms with E-state index in [4.69, 9.17) is 4.74 Å². The first-order chi connectivity index (χ1) is 15.7. The number of methoxy groups -OCH3 is 1. The molecule has 3 aromatic rings. The summed E-state index contributed by atoms with van der Waals surface area (Å²) in [5.74, 6) is -0.00327. The summed E-state index contributed by atoms with van der Waals surface area (Å²) in [5.41, 5.74) is -0.518. The number of nitrogens with zero attached hydrogens (tertiary/aromatic N) is 5. The minimum atomic E-state index is -3.91. The summed E-state index contributed by atoms with van der Waals surface area (Å²) in [7, 11) is -2.62. The molecule has 11 nitrogen and oxygen atoms in total. The zero-order valence-electron chi connectivity index (χ0n) is 18.1. The smallest absolute Gasteiger partial charge is 0.312 e. The molecule has 0 unspecified atom stereocenters. The summed E-state index contributed by atoms with van der Waals surface area (Å²) in [6.45, 7) is 3.55. The molecule has 33 heavy (non-hydrogen) atoms. The second kappa shape index (κ2) is 9.17. The molecule has 0 saturated carbocycles. The number of sulfonamides is 1. The van der Waals surface area contributed by atoms with E-state index in [2.05, 4.69) is 4.98 Å². The van der Waals surface area contributed by atoms with Crippen molar-refractivity contribution in [3.63, 3.8) is 0 Å². The van der Waals surface area contributed by atoms with E-state index < -0.39 is 20.6 Å². The van der Waals surface area contributed by atoms with E-state index in [1.807, 2.05) is 17.9 Å². The van der Waals surface area contributed by atoms with E-state index in [0.717, 1.165) is 22.2 Å². The summed E-state index contributed by atoms with van der Waals surface area (Å²) in [6.07, 6.45) is 2.37. The maximum Gasteiger partial charge on any atom is 0.312 e. The summed E-state index contributed by atoms with van der Waals surface area (Å²) in [4.78, 5) is 31.4. The van der Waals surface area contributed by atoms with Crippen molar-refractivity contribution in [3.05, 3.63) is 55.9 Å².